The fraction of sp³-hybridized carbons (Fsp3) is 0.311. The Morgan fingerprint density at radius 1 is 0.907 bits per heavy atom. The van der Waals surface area contributed by atoms with Crippen molar-refractivity contribution in [2.75, 3.05) is 16.4 Å². The lowest BCUT2D eigenvalue weighted by Gasteiger charge is -2.37. The molecule has 0 saturated carbocycles. The molecular formula is C45H42FN3O5. The summed E-state index contributed by atoms with van der Waals surface area (Å²) in [5.41, 5.74) is 2.64. The topological polar surface area (TPSA) is 90.4 Å². The van der Waals surface area contributed by atoms with Crippen LogP contribution in [0.1, 0.15) is 59.8 Å². The maximum atomic E-state index is 16.6. The monoisotopic (exact) mass is 723 g/mol. The van der Waals surface area contributed by atoms with Gasteiger partial charge in [0.25, 0.3) is 11.8 Å². The summed E-state index contributed by atoms with van der Waals surface area (Å²) in [6.07, 6.45) is -0.600. The van der Waals surface area contributed by atoms with Crippen LogP contribution in [0.4, 0.5) is 21.5 Å². The Morgan fingerprint density at radius 3 is 2.37 bits per heavy atom. The molecule has 1 spiro atoms. The average molecular weight is 724 g/mol. The zero-order chi connectivity index (χ0) is 37.5. The van der Waals surface area contributed by atoms with Crippen LogP contribution in [-0.2, 0) is 39.4 Å². The molecule has 5 aromatic rings. The lowest BCUT2D eigenvalue weighted by atomic mass is 9.71. The molecule has 5 atom stereocenters. The molecule has 9 rings (SSSR count). The first-order chi connectivity index (χ1) is 26.0. The number of hydrogen-bond donors (Lipinski definition) is 1. The van der Waals surface area contributed by atoms with Crippen molar-refractivity contribution in [1.82, 2.24) is 4.90 Å². The molecule has 1 fully saturated rings. The molecule has 54 heavy (non-hydrogen) atoms. The highest BCUT2D eigenvalue weighted by Crippen LogP contribution is 2.59. The number of carbonyl (C=O) groups is 3. The van der Waals surface area contributed by atoms with Crippen molar-refractivity contribution in [2.24, 2.45) is 11.8 Å². The van der Waals surface area contributed by atoms with Crippen LogP contribution >= 0.6 is 0 Å². The van der Waals surface area contributed by atoms with Crippen molar-refractivity contribution in [3.63, 3.8) is 0 Å². The summed E-state index contributed by atoms with van der Waals surface area (Å²) < 4.78 is 23.6. The second-order valence-electron chi connectivity index (χ2n) is 15.7. The van der Waals surface area contributed by atoms with Crippen molar-refractivity contribution in [3.05, 3.63) is 137 Å². The third kappa shape index (κ3) is 5.12. The van der Waals surface area contributed by atoms with Crippen molar-refractivity contribution in [3.8, 4) is 0 Å². The minimum Gasteiger partial charge on any atom is -0.394 e. The van der Waals surface area contributed by atoms with E-state index in [2.05, 4.69) is 0 Å². The Balaban J connectivity index is 1.14. The van der Waals surface area contributed by atoms with Gasteiger partial charge in [0.2, 0.25) is 5.91 Å². The number of hydrogen-bond acceptors (Lipinski definition) is 5. The Hall–Kier alpha value is -5.38. The second-order valence-corrected chi connectivity index (χ2v) is 15.7. The summed E-state index contributed by atoms with van der Waals surface area (Å²) in [6, 6.07) is 34.2. The highest BCUT2D eigenvalue weighted by Gasteiger charge is 2.66. The van der Waals surface area contributed by atoms with Gasteiger partial charge in [0.15, 0.2) is 5.60 Å². The fourth-order valence-corrected chi connectivity index (χ4v) is 9.80. The lowest BCUT2D eigenvalue weighted by Crippen LogP contribution is -2.48. The van der Waals surface area contributed by atoms with E-state index in [1.54, 1.807) is 14.7 Å². The Labute approximate surface area is 313 Å². The van der Waals surface area contributed by atoms with Gasteiger partial charge in [-0.15, -0.1) is 0 Å². The molecule has 0 unspecified atom stereocenters. The second kappa shape index (κ2) is 12.6. The first-order valence-corrected chi connectivity index (χ1v) is 18.7. The molecular weight excluding hydrogens is 682 g/mol. The summed E-state index contributed by atoms with van der Waals surface area (Å²) in [4.78, 5) is 48.5. The van der Waals surface area contributed by atoms with Crippen molar-refractivity contribution in [1.29, 1.82) is 0 Å². The van der Waals surface area contributed by atoms with Gasteiger partial charge in [0, 0.05) is 35.0 Å². The predicted molar refractivity (Wildman–Crippen MR) is 205 cm³/mol. The van der Waals surface area contributed by atoms with E-state index < -0.39 is 35.3 Å². The Kier molecular flexibility index (Phi) is 8.03. The van der Waals surface area contributed by atoms with Crippen LogP contribution in [0, 0.1) is 11.8 Å². The van der Waals surface area contributed by atoms with Gasteiger partial charge >= 0.3 is 0 Å². The molecule has 8 nitrogen and oxygen atoms in total. The first-order valence-electron chi connectivity index (χ1n) is 18.7. The smallest absolute Gasteiger partial charge is 0.264 e. The molecule has 4 aliphatic heterocycles. The lowest BCUT2D eigenvalue weighted by molar-refractivity contribution is -0.151. The van der Waals surface area contributed by atoms with E-state index in [-0.39, 0.29) is 37.3 Å². The summed E-state index contributed by atoms with van der Waals surface area (Å²) in [6.45, 7) is 5.20. The molecule has 0 radical (unpaired) electrons. The van der Waals surface area contributed by atoms with Gasteiger partial charge in [0.1, 0.15) is 5.67 Å². The molecule has 4 aliphatic rings. The standard InChI is InChI=1S/C45H42FN3O5/c1-27-41(44(2,3)46)38(23-39(51)47-25-31-14-8-7-13-30(31)21-33(47)26-50)54-45(27)35-22-32(19-20-36(35)48(43(45)53)24-28-11-5-4-6-12-28)49-37-18-10-16-29-15-9-17-34(40(29)37)42(49)52/h4-20,22,27,33,38,41,50H,21,23-26H2,1-3H3/t27-,33-,38+,41-,45+/m0/s1. The van der Waals surface area contributed by atoms with Crippen molar-refractivity contribution in [2.45, 2.75) is 70.1 Å². The number of aliphatic hydroxyl groups is 1. The molecule has 0 aliphatic carbocycles. The summed E-state index contributed by atoms with van der Waals surface area (Å²) in [7, 11) is 0. The fourth-order valence-electron chi connectivity index (χ4n) is 9.80. The summed E-state index contributed by atoms with van der Waals surface area (Å²) in [5, 5.41) is 12.2. The number of ether oxygens (including phenoxy) is 1. The number of alkyl halides is 1. The maximum Gasteiger partial charge on any atom is 0.264 e. The van der Waals surface area contributed by atoms with Crippen LogP contribution in [0.5, 0.6) is 0 Å². The Bertz CT molecular complexity index is 2330. The van der Waals surface area contributed by atoms with Crippen LogP contribution in [0.2, 0.25) is 0 Å². The Morgan fingerprint density at radius 2 is 1.63 bits per heavy atom. The first kappa shape index (κ1) is 34.4. The number of benzene rings is 5. The highest BCUT2D eigenvalue weighted by atomic mass is 19.1. The zero-order valence-corrected chi connectivity index (χ0v) is 30.5. The number of rotatable bonds is 7. The van der Waals surface area contributed by atoms with E-state index >= 15 is 9.18 Å². The quantitative estimate of drug-likeness (QED) is 0.187. The van der Waals surface area contributed by atoms with Gasteiger partial charge in [-0.1, -0.05) is 85.8 Å². The number of nitrogens with zero attached hydrogens (tertiary/aromatic N) is 3. The van der Waals surface area contributed by atoms with Crippen molar-refractivity contribution >= 4 is 45.6 Å². The van der Waals surface area contributed by atoms with E-state index in [1.165, 1.54) is 13.8 Å². The van der Waals surface area contributed by atoms with Gasteiger partial charge in [-0.25, -0.2) is 4.39 Å². The highest BCUT2D eigenvalue weighted by molar-refractivity contribution is 6.28. The molecule has 9 heteroatoms. The predicted octanol–water partition coefficient (Wildman–Crippen LogP) is 7.61. The van der Waals surface area contributed by atoms with Crippen LogP contribution in [0.15, 0.2) is 109 Å². The third-order valence-electron chi connectivity index (χ3n) is 12.2. The molecule has 274 valence electrons. The molecule has 0 bridgehead atoms. The number of halogens is 1. The van der Waals surface area contributed by atoms with E-state index in [0.29, 0.717) is 35.5 Å². The number of fused-ring (bicyclic) bond motifs is 3. The van der Waals surface area contributed by atoms with E-state index in [1.807, 2.05) is 116 Å². The summed E-state index contributed by atoms with van der Waals surface area (Å²) in [5.74, 6) is -2.29. The normalized spacial score (nSPS) is 24.5. The van der Waals surface area contributed by atoms with E-state index in [4.69, 9.17) is 4.74 Å². The van der Waals surface area contributed by atoms with E-state index in [9.17, 15) is 14.7 Å². The number of aliphatic hydroxyl groups excluding tert-OH is 1. The minimum absolute atomic E-state index is 0.161. The van der Waals surface area contributed by atoms with Gasteiger partial charge in [0.05, 0.1) is 48.7 Å². The van der Waals surface area contributed by atoms with Gasteiger partial charge < -0.3 is 19.6 Å². The van der Waals surface area contributed by atoms with Gasteiger partial charge in [-0.05, 0) is 72.7 Å². The molecule has 4 heterocycles. The largest absolute Gasteiger partial charge is 0.394 e. The van der Waals surface area contributed by atoms with E-state index in [0.717, 1.165) is 33.2 Å². The number of amides is 3. The molecule has 0 aromatic heterocycles. The number of anilines is 3. The van der Waals surface area contributed by atoms with Gasteiger partial charge in [-0.3, -0.25) is 19.3 Å². The minimum atomic E-state index is -1.83. The van der Waals surface area contributed by atoms with Crippen LogP contribution in [0.3, 0.4) is 0 Å². The van der Waals surface area contributed by atoms with Crippen LogP contribution < -0.4 is 9.80 Å². The zero-order valence-electron chi connectivity index (χ0n) is 30.5. The van der Waals surface area contributed by atoms with Crippen LogP contribution in [-0.4, -0.2) is 52.1 Å². The van der Waals surface area contributed by atoms with Crippen molar-refractivity contribution < 1.29 is 28.6 Å². The maximum absolute atomic E-state index is 16.6. The number of carbonyl (C=O) groups excluding carboxylic acids is 3. The molecule has 5 aromatic carbocycles. The van der Waals surface area contributed by atoms with Gasteiger partial charge in [-0.2, -0.15) is 0 Å². The average Bonchev–Trinajstić information content (AvgIpc) is 3.72. The molecule has 1 N–H and O–H groups in total. The third-order valence-corrected chi connectivity index (χ3v) is 12.2. The van der Waals surface area contributed by atoms with Crippen LogP contribution in [0.25, 0.3) is 10.8 Å². The molecule has 3 amide bonds. The molecule has 1 saturated heterocycles. The SMILES string of the molecule is C[C@H]1[C@H](C(C)(C)F)[C@@H](CC(=O)N2Cc3ccccc3C[C@H]2CO)O[C@]12C(=O)N(Cc1ccccc1)c1ccc(N3C(=O)c4cccc5cccc3c45)cc12. The summed E-state index contributed by atoms with van der Waals surface area (Å²) >= 11 is 0.